The Morgan fingerprint density at radius 3 is 2.48 bits per heavy atom. The lowest BCUT2D eigenvalue weighted by molar-refractivity contribution is -0.138. The summed E-state index contributed by atoms with van der Waals surface area (Å²) in [6, 6.07) is 13.2. The first kappa shape index (κ1) is 23.6. The second-order valence-electron chi connectivity index (χ2n) is 8.77. The summed E-state index contributed by atoms with van der Waals surface area (Å²) in [4.78, 5) is 16.3. The van der Waals surface area contributed by atoms with Gasteiger partial charge in [-0.2, -0.15) is 13.2 Å². The Labute approximate surface area is 191 Å². The van der Waals surface area contributed by atoms with E-state index in [2.05, 4.69) is 0 Å². The van der Waals surface area contributed by atoms with E-state index in [9.17, 15) is 26.7 Å². The van der Waals surface area contributed by atoms with Crippen molar-refractivity contribution >= 4 is 21.8 Å². The zero-order valence-corrected chi connectivity index (χ0v) is 19.1. The van der Waals surface area contributed by atoms with Crippen molar-refractivity contribution in [2.24, 2.45) is 0 Å². The summed E-state index contributed by atoms with van der Waals surface area (Å²) in [5, 5.41) is -0.906. The molecule has 178 valence electrons. The molecule has 3 atom stereocenters. The third-order valence-electron chi connectivity index (χ3n) is 6.41. The van der Waals surface area contributed by atoms with Crippen LogP contribution in [0.3, 0.4) is 0 Å². The predicted octanol–water partition coefficient (Wildman–Crippen LogP) is 3.59. The summed E-state index contributed by atoms with van der Waals surface area (Å²) in [5.74, 6) is 0.105. The second kappa shape index (κ2) is 8.32. The molecule has 2 heterocycles. The highest BCUT2D eigenvalue weighted by atomic mass is 32.3. The number of rotatable bonds is 5. The van der Waals surface area contributed by atoms with Gasteiger partial charge in [0.25, 0.3) is 5.91 Å². The highest BCUT2D eigenvalue weighted by Crippen LogP contribution is 2.42. The molecule has 0 saturated carbocycles. The van der Waals surface area contributed by atoms with Crippen LogP contribution in [0.5, 0.6) is 5.75 Å². The quantitative estimate of drug-likeness (QED) is 0.609. The SMILES string of the molecule is CC1(C)C(=O)N(CCOc2ccccc2)[C@H]2CN(c3cccc(C(F)(F)F)c3)C[C@@H]2[S+]1(=O)[O-]. The number of anilines is 1. The molecule has 0 radical (unpaired) electrons. The van der Waals surface area contributed by atoms with Crippen LogP contribution in [0.2, 0.25) is 0 Å². The summed E-state index contributed by atoms with van der Waals surface area (Å²) in [5.41, 5.74) is -0.526. The third-order valence-corrected chi connectivity index (χ3v) is 9.26. The molecule has 0 bridgehead atoms. The molecule has 0 aliphatic carbocycles. The molecule has 6 nitrogen and oxygen atoms in total. The Kier molecular flexibility index (Phi) is 5.94. The Bertz CT molecular complexity index is 1080. The van der Waals surface area contributed by atoms with E-state index in [1.165, 1.54) is 30.9 Å². The molecule has 2 fully saturated rings. The van der Waals surface area contributed by atoms with Crippen molar-refractivity contribution in [1.29, 1.82) is 0 Å². The monoisotopic (exact) mass is 482 g/mol. The average Bonchev–Trinajstić information content (AvgIpc) is 3.22. The van der Waals surface area contributed by atoms with E-state index in [1.807, 2.05) is 18.2 Å². The van der Waals surface area contributed by atoms with Gasteiger partial charge in [0, 0.05) is 12.2 Å². The zero-order valence-electron chi connectivity index (χ0n) is 18.2. The Hall–Kier alpha value is -2.59. The van der Waals surface area contributed by atoms with Crippen molar-refractivity contribution in [3.8, 4) is 5.75 Å². The summed E-state index contributed by atoms with van der Waals surface area (Å²) in [7, 11) is -3.87. The number of fused-ring (bicyclic) bond motifs is 1. The Balaban J connectivity index is 1.59. The standard InChI is InChI=1S/C23H25F3N2O4S/c1-22(2)21(29)28(11-12-32-18-9-4-3-5-10-18)19-14-27(15-20(19)33(22,30)31)17-8-6-7-16(13-17)23(24,25)26/h3-10,13,19-20H,11-12,14-15H2,1-2H3/t19-,20-/m0/s1. The van der Waals surface area contributed by atoms with Gasteiger partial charge in [0.2, 0.25) is 4.75 Å². The smallest absolute Gasteiger partial charge is 0.416 e. The van der Waals surface area contributed by atoms with Gasteiger partial charge in [0.1, 0.15) is 12.4 Å². The number of hydrogen-bond donors (Lipinski definition) is 0. The molecule has 10 heteroatoms. The summed E-state index contributed by atoms with van der Waals surface area (Å²) in [6.45, 7) is 3.25. The first-order chi connectivity index (χ1) is 15.4. The summed E-state index contributed by atoms with van der Waals surface area (Å²) < 4.78 is 70.2. The maximum Gasteiger partial charge on any atom is 0.416 e. The van der Waals surface area contributed by atoms with Crippen molar-refractivity contribution in [2.45, 2.75) is 36.1 Å². The van der Waals surface area contributed by atoms with Crippen LogP contribution in [0.15, 0.2) is 54.6 Å². The van der Waals surface area contributed by atoms with Gasteiger partial charge in [-0.15, -0.1) is 4.21 Å². The lowest BCUT2D eigenvalue weighted by Crippen LogP contribution is -2.68. The number of amides is 1. The van der Waals surface area contributed by atoms with Crippen LogP contribution in [-0.4, -0.2) is 57.6 Å². The van der Waals surface area contributed by atoms with Crippen molar-refractivity contribution in [3.05, 3.63) is 60.2 Å². The third kappa shape index (κ3) is 4.21. The van der Waals surface area contributed by atoms with Crippen molar-refractivity contribution < 1.29 is 31.5 Å². The van der Waals surface area contributed by atoms with Crippen LogP contribution >= 0.6 is 0 Å². The van der Waals surface area contributed by atoms with Gasteiger partial charge in [-0.05, 0) is 44.2 Å². The predicted molar refractivity (Wildman–Crippen MR) is 118 cm³/mol. The van der Waals surface area contributed by atoms with Gasteiger partial charge in [0.15, 0.2) is 5.25 Å². The van der Waals surface area contributed by atoms with Crippen LogP contribution in [-0.2, 0) is 25.4 Å². The molecule has 1 amide bonds. The first-order valence-electron chi connectivity index (χ1n) is 10.6. The van der Waals surface area contributed by atoms with Crippen LogP contribution < -0.4 is 9.64 Å². The molecule has 0 spiro atoms. The van der Waals surface area contributed by atoms with Gasteiger partial charge in [-0.25, -0.2) is 0 Å². The molecule has 1 unspecified atom stereocenters. The van der Waals surface area contributed by atoms with Crippen molar-refractivity contribution in [3.63, 3.8) is 0 Å². The van der Waals surface area contributed by atoms with Crippen LogP contribution in [0.4, 0.5) is 18.9 Å². The zero-order chi connectivity index (χ0) is 24.0. The minimum absolute atomic E-state index is 0.0149. The minimum Gasteiger partial charge on any atom is -0.614 e. The van der Waals surface area contributed by atoms with Crippen LogP contribution in [0.1, 0.15) is 19.4 Å². The number of sulfone groups is 1. The maximum absolute atomic E-state index is 13.3. The topological polar surface area (TPSA) is 72.9 Å². The van der Waals surface area contributed by atoms with E-state index in [0.717, 1.165) is 12.1 Å². The Morgan fingerprint density at radius 2 is 1.82 bits per heavy atom. The van der Waals surface area contributed by atoms with E-state index in [-0.39, 0.29) is 31.9 Å². The van der Waals surface area contributed by atoms with E-state index in [0.29, 0.717) is 5.75 Å². The minimum atomic E-state index is -4.51. The lowest BCUT2D eigenvalue weighted by atomic mass is 10.1. The molecule has 2 aromatic carbocycles. The molecule has 2 aromatic rings. The van der Waals surface area contributed by atoms with Gasteiger partial charge in [0.05, 0.1) is 34.9 Å². The highest BCUT2D eigenvalue weighted by molar-refractivity contribution is 8.00. The molecule has 4 rings (SSSR count). The van der Waals surface area contributed by atoms with Gasteiger partial charge >= 0.3 is 6.18 Å². The summed E-state index contributed by atoms with van der Waals surface area (Å²) in [6.07, 6.45) is -4.51. The molecule has 0 N–H and O–H groups in total. The van der Waals surface area contributed by atoms with Gasteiger partial charge in [-0.1, -0.05) is 24.3 Å². The van der Waals surface area contributed by atoms with E-state index >= 15 is 0 Å². The fraction of sp³-hybridized carbons (Fsp3) is 0.435. The van der Waals surface area contributed by atoms with E-state index in [1.54, 1.807) is 17.0 Å². The molecule has 0 aromatic heterocycles. The number of carbonyl (C=O) groups is 1. The number of ether oxygens (including phenoxy) is 1. The van der Waals surface area contributed by atoms with E-state index < -0.39 is 43.9 Å². The highest BCUT2D eigenvalue weighted by Gasteiger charge is 2.63. The molecule has 2 aliphatic rings. The number of nitrogens with zero attached hydrogens (tertiary/aromatic N) is 2. The van der Waals surface area contributed by atoms with Gasteiger partial charge in [-0.3, -0.25) is 4.79 Å². The van der Waals surface area contributed by atoms with Crippen molar-refractivity contribution in [1.82, 2.24) is 4.90 Å². The van der Waals surface area contributed by atoms with Crippen molar-refractivity contribution in [2.75, 3.05) is 31.1 Å². The fourth-order valence-corrected chi connectivity index (χ4v) is 6.63. The molecular formula is C23H25F3N2O4S. The lowest BCUT2D eigenvalue weighted by Gasteiger charge is -2.46. The summed E-state index contributed by atoms with van der Waals surface area (Å²) >= 11 is 0. The Morgan fingerprint density at radius 1 is 1.12 bits per heavy atom. The van der Waals surface area contributed by atoms with E-state index in [4.69, 9.17) is 4.74 Å². The van der Waals surface area contributed by atoms with Crippen LogP contribution in [0.25, 0.3) is 0 Å². The number of para-hydroxylation sites is 1. The normalized spacial score (nSPS) is 26.9. The average molecular weight is 483 g/mol. The fourth-order valence-electron chi connectivity index (χ4n) is 4.49. The van der Waals surface area contributed by atoms with Gasteiger partial charge < -0.3 is 19.1 Å². The first-order valence-corrected chi connectivity index (χ1v) is 12.1. The number of benzene rings is 2. The number of halogens is 3. The number of alkyl halides is 3. The van der Waals surface area contributed by atoms with Crippen LogP contribution in [0, 0.1) is 0 Å². The number of hydrogen-bond acceptors (Lipinski definition) is 5. The second-order valence-corrected chi connectivity index (χ2v) is 11.5. The molecule has 33 heavy (non-hydrogen) atoms. The molecule has 2 aliphatic heterocycles. The molecular weight excluding hydrogens is 457 g/mol. The largest absolute Gasteiger partial charge is 0.614 e. The maximum atomic E-state index is 13.3. The number of carbonyl (C=O) groups excluding carboxylic acids is 1. The molecule has 2 saturated heterocycles.